The van der Waals surface area contributed by atoms with Crippen molar-refractivity contribution < 1.29 is 14.0 Å². The maximum Gasteiger partial charge on any atom is 0.237 e. The summed E-state index contributed by atoms with van der Waals surface area (Å²) in [6.45, 7) is 0. The zero-order chi connectivity index (χ0) is 15.5. The highest BCUT2D eigenvalue weighted by atomic mass is 19.1. The van der Waals surface area contributed by atoms with Gasteiger partial charge in [-0.15, -0.1) is 0 Å². The molecule has 0 bridgehead atoms. The van der Waals surface area contributed by atoms with Gasteiger partial charge in [-0.1, -0.05) is 18.9 Å². The number of fused-ring (bicyclic) bond motifs is 1. The summed E-state index contributed by atoms with van der Waals surface area (Å²) >= 11 is 0. The summed E-state index contributed by atoms with van der Waals surface area (Å²) in [6, 6.07) is 5.63. The van der Waals surface area contributed by atoms with Crippen molar-refractivity contribution in [3.8, 4) is 0 Å². The van der Waals surface area contributed by atoms with E-state index >= 15 is 0 Å². The van der Waals surface area contributed by atoms with E-state index in [1.165, 1.54) is 18.2 Å². The molecule has 2 amide bonds. The van der Waals surface area contributed by atoms with Crippen LogP contribution in [-0.4, -0.2) is 29.9 Å². The van der Waals surface area contributed by atoms with Crippen LogP contribution >= 0.6 is 0 Å². The SMILES string of the molecule is O=C(C[C@@H]1N[C@H]2CCCC[C@H]2NC1=O)Nc1cccc(F)c1. The summed E-state index contributed by atoms with van der Waals surface area (Å²) in [5.41, 5.74) is 0.400. The molecule has 1 aliphatic carbocycles. The second-order valence-electron chi connectivity index (χ2n) is 5.99. The number of benzene rings is 1. The number of halogens is 1. The van der Waals surface area contributed by atoms with Gasteiger partial charge in [0.05, 0.1) is 12.5 Å². The van der Waals surface area contributed by atoms with Crippen molar-refractivity contribution in [2.45, 2.75) is 50.2 Å². The van der Waals surface area contributed by atoms with Gasteiger partial charge < -0.3 is 16.0 Å². The van der Waals surface area contributed by atoms with Gasteiger partial charge >= 0.3 is 0 Å². The van der Waals surface area contributed by atoms with Gasteiger partial charge in [0, 0.05) is 17.8 Å². The van der Waals surface area contributed by atoms with Crippen LogP contribution in [0.1, 0.15) is 32.1 Å². The second-order valence-corrected chi connectivity index (χ2v) is 5.99. The number of hydrogen-bond acceptors (Lipinski definition) is 3. The molecule has 0 spiro atoms. The van der Waals surface area contributed by atoms with E-state index < -0.39 is 11.9 Å². The Balaban J connectivity index is 1.57. The van der Waals surface area contributed by atoms with E-state index in [2.05, 4.69) is 16.0 Å². The van der Waals surface area contributed by atoms with Gasteiger partial charge in [0.15, 0.2) is 0 Å². The van der Waals surface area contributed by atoms with E-state index in [9.17, 15) is 14.0 Å². The van der Waals surface area contributed by atoms with E-state index in [0.717, 1.165) is 25.7 Å². The smallest absolute Gasteiger partial charge is 0.237 e. The van der Waals surface area contributed by atoms with E-state index in [4.69, 9.17) is 0 Å². The standard InChI is InChI=1S/C16H20FN3O2/c17-10-4-3-5-11(8-10)18-15(21)9-14-16(22)20-13-7-2-1-6-12(13)19-14/h3-5,8,12-14,19H,1-2,6-7,9H2,(H,18,21)(H,20,22)/t12-,13+,14-/m0/s1. The van der Waals surface area contributed by atoms with Crippen molar-refractivity contribution in [2.24, 2.45) is 0 Å². The van der Waals surface area contributed by atoms with Gasteiger partial charge in [0.1, 0.15) is 5.82 Å². The lowest BCUT2D eigenvalue weighted by atomic mass is 9.87. The quantitative estimate of drug-likeness (QED) is 0.793. The van der Waals surface area contributed by atoms with Crippen LogP contribution < -0.4 is 16.0 Å². The number of carbonyl (C=O) groups excluding carboxylic acids is 2. The molecule has 2 aliphatic rings. The zero-order valence-electron chi connectivity index (χ0n) is 12.3. The predicted octanol–water partition coefficient (Wildman–Crippen LogP) is 1.55. The van der Waals surface area contributed by atoms with Crippen LogP contribution in [0.5, 0.6) is 0 Å². The Labute approximate surface area is 128 Å². The highest BCUT2D eigenvalue weighted by Gasteiger charge is 2.36. The molecule has 1 aromatic rings. The molecule has 0 aromatic heterocycles. The predicted molar refractivity (Wildman–Crippen MR) is 80.8 cm³/mol. The molecule has 1 saturated carbocycles. The Hall–Kier alpha value is -1.95. The summed E-state index contributed by atoms with van der Waals surface area (Å²) in [5.74, 6) is -0.832. The van der Waals surface area contributed by atoms with E-state index in [0.29, 0.717) is 5.69 Å². The fourth-order valence-corrected chi connectivity index (χ4v) is 3.24. The Bertz CT molecular complexity index is 578. The summed E-state index contributed by atoms with van der Waals surface area (Å²) in [4.78, 5) is 24.1. The number of carbonyl (C=O) groups is 2. The molecule has 6 heteroatoms. The molecule has 2 fully saturated rings. The van der Waals surface area contributed by atoms with Gasteiger partial charge in [-0.3, -0.25) is 9.59 Å². The molecule has 1 heterocycles. The van der Waals surface area contributed by atoms with Crippen molar-refractivity contribution in [3.63, 3.8) is 0 Å². The van der Waals surface area contributed by atoms with E-state index in [-0.39, 0.29) is 30.3 Å². The number of rotatable bonds is 3. The molecule has 3 rings (SSSR count). The van der Waals surface area contributed by atoms with Gasteiger partial charge in [-0.2, -0.15) is 0 Å². The first kappa shape index (κ1) is 15.0. The normalized spacial score (nSPS) is 27.7. The van der Waals surface area contributed by atoms with Gasteiger partial charge in [0.25, 0.3) is 0 Å². The van der Waals surface area contributed by atoms with Crippen molar-refractivity contribution in [2.75, 3.05) is 5.32 Å². The van der Waals surface area contributed by atoms with Gasteiger partial charge in [-0.05, 0) is 31.0 Å². The van der Waals surface area contributed by atoms with Gasteiger partial charge in [0.2, 0.25) is 11.8 Å². The summed E-state index contributed by atoms with van der Waals surface area (Å²) in [6.07, 6.45) is 4.34. The maximum absolute atomic E-state index is 13.1. The minimum atomic E-state index is -0.520. The lowest BCUT2D eigenvalue weighted by molar-refractivity contribution is -0.129. The van der Waals surface area contributed by atoms with Crippen molar-refractivity contribution in [1.82, 2.24) is 10.6 Å². The minimum Gasteiger partial charge on any atom is -0.350 e. The molecule has 22 heavy (non-hydrogen) atoms. The van der Waals surface area contributed by atoms with Crippen LogP contribution in [0.3, 0.4) is 0 Å². The largest absolute Gasteiger partial charge is 0.350 e. The summed E-state index contributed by atoms with van der Waals surface area (Å²) in [5, 5.41) is 8.92. The molecule has 118 valence electrons. The van der Waals surface area contributed by atoms with Crippen LogP contribution in [-0.2, 0) is 9.59 Å². The fraction of sp³-hybridized carbons (Fsp3) is 0.500. The first-order chi connectivity index (χ1) is 10.6. The molecule has 3 N–H and O–H groups in total. The van der Waals surface area contributed by atoms with E-state index in [1.807, 2.05) is 0 Å². The van der Waals surface area contributed by atoms with Crippen molar-refractivity contribution >= 4 is 17.5 Å². The highest BCUT2D eigenvalue weighted by Crippen LogP contribution is 2.22. The third-order valence-electron chi connectivity index (χ3n) is 4.32. The summed E-state index contributed by atoms with van der Waals surface area (Å²) < 4.78 is 13.1. The van der Waals surface area contributed by atoms with Crippen LogP contribution in [0.2, 0.25) is 0 Å². The molecular weight excluding hydrogens is 285 g/mol. The van der Waals surface area contributed by atoms with Crippen molar-refractivity contribution in [1.29, 1.82) is 0 Å². The lowest BCUT2D eigenvalue weighted by Gasteiger charge is -2.40. The second kappa shape index (κ2) is 6.44. The average molecular weight is 305 g/mol. The molecule has 0 radical (unpaired) electrons. The van der Waals surface area contributed by atoms with Gasteiger partial charge in [-0.25, -0.2) is 4.39 Å². The fourth-order valence-electron chi connectivity index (χ4n) is 3.24. The van der Waals surface area contributed by atoms with Crippen LogP contribution in [0.4, 0.5) is 10.1 Å². The Morgan fingerprint density at radius 1 is 1.27 bits per heavy atom. The van der Waals surface area contributed by atoms with Crippen LogP contribution in [0.25, 0.3) is 0 Å². The number of piperazine rings is 1. The molecule has 1 aromatic carbocycles. The molecule has 3 atom stereocenters. The molecule has 1 aliphatic heterocycles. The maximum atomic E-state index is 13.1. The van der Waals surface area contributed by atoms with Crippen LogP contribution in [0.15, 0.2) is 24.3 Å². The third-order valence-corrected chi connectivity index (χ3v) is 4.32. The molecule has 1 saturated heterocycles. The monoisotopic (exact) mass is 305 g/mol. The number of hydrogen-bond donors (Lipinski definition) is 3. The topological polar surface area (TPSA) is 70.2 Å². The molecule has 0 unspecified atom stereocenters. The average Bonchev–Trinajstić information content (AvgIpc) is 2.48. The number of amides is 2. The minimum absolute atomic E-state index is 0.0472. The number of anilines is 1. The Kier molecular flexibility index (Phi) is 4.38. The summed E-state index contributed by atoms with van der Waals surface area (Å²) in [7, 11) is 0. The first-order valence-corrected chi connectivity index (χ1v) is 7.73. The lowest BCUT2D eigenvalue weighted by Crippen LogP contribution is -2.65. The number of nitrogens with one attached hydrogen (secondary N) is 3. The first-order valence-electron chi connectivity index (χ1n) is 7.73. The van der Waals surface area contributed by atoms with Crippen molar-refractivity contribution in [3.05, 3.63) is 30.1 Å². The molecule has 5 nitrogen and oxygen atoms in total. The van der Waals surface area contributed by atoms with E-state index in [1.54, 1.807) is 6.07 Å². The van der Waals surface area contributed by atoms with Crippen LogP contribution in [0, 0.1) is 5.82 Å². The third kappa shape index (κ3) is 3.44. The highest BCUT2D eigenvalue weighted by molar-refractivity contribution is 5.95. The Morgan fingerprint density at radius 2 is 2.05 bits per heavy atom. The Morgan fingerprint density at radius 3 is 2.82 bits per heavy atom. The zero-order valence-corrected chi connectivity index (χ0v) is 12.3. The molecular formula is C16H20FN3O2.